The van der Waals surface area contributed by atoms with Crippen molar-refractivity contribution in [3.05, 3.63) is 59.9 Å². The zero-order chi connectivity index (χ0) is 18.5. The van der Waals surface area contributed by atoms with Crippen molar-refractivity contribution >= 4 is 20.0 Å². The van der Waals surface area contributed by atoms with Gasteiger partial charge >= 0.3 is 33.0 Å². The second-order valence-corrected chi connectivity index (χ2v) is 6.78. The fraction of sp³-hybridized carbons (Fsp3) is 0.133. The first-order valence-electron chi connectivity index (χ1n) is 6.57. The van der Waals surface area contributed by atoms with Gasteiger partial charge in [-0.1, -0.05) is 24.3 Å². The van der Waals surface area contributed by atoms with Crippen LogP contribution in [0.3, 0.4) is 0 Å². The van der Waals surface area contributed by atoms with E-state index in [-0.39, 0.29) is 0 Å². The van der Waals surface area contributed by atoms with Gasteiger partial charge in [0.25, 0.3) is 0 Å². The Bertz CT molecular complexity index is 682. The van der Waals surface area contributed by atoms with Gasteiger partial charge in [-0.05, 0) is 23.3 Å². The third-order valence-corrected chi connectivity index (χ3v) is 2.59. The number of halogens is 6. The van der Waals surface area contributed by atoms with E-state index in [1.54, 1.807) is 7.11 Å². The summed E-state index contributed by atoms with van der Waals surface area (Å²) >= 11 is 0. The minimum absolute atomic E-state index is 0.883. The average Bonchev–Trinajstić information content (AvgIpc) is 2.44. The minimum atomic E-state index is -10.7. The number of hydrogen-bond donors (Lipinski definition) is 0. The molecule has 0 fully saturated rings. The van der Waals surface area contributed by atoms with E-state index in [2.05, 4.69) is 24.3 Å². The van der Waals surface area contributed by atoms with Gasteiger partial charge < -0.3 is 4.74 Å². The molecule has 2 nitrogen and oxygen atoms in total. The van der Waals surface area contributed by atoms with Crippen LogP contribution in [-0.2, 0) is 7.05 Å². The second kappa shape index (κ2) is 6.43. The van der Waals surface area contributed by atoms with Crippen LogP contribution >= 0.6 is 7.81 Å². The van der Waals surface area contributed by atoms with Crippen LogP contribution < -0.4 is 9.30 Å². The molecular formula is C15H16F6NOP. The van der Waals surface area contributed by atoms with Gasteiger partial charge in [-0.3, -0.25) is 0 Å². The van der Waals surface area contributed by atoms with Crippen molar-refractivity contribution in [1.29, 1.82) is 0 Å². The van der Waals surface area contributed by atoms with E-state index in [0.717, 1.165) is 5.75 Å². The Morgan fingerprint density at radius 3 is 1.54 bits per heavy atom. The van der Waals surface area contributed by atoms with Crippen molar-refractivity contribution in [1.82, 2.24) is 0 Å². The van der Waals surface area contributed by atoms with Gasteiger partial charge in [-0.2, -0.15) is 0 Å². The third-order valence-electron chi connectivity index (χ3n) is 2.59. The first kappa shape index (κ1) is 20.0. The van der Waals surface area contributed by atoms with Crippen molar-refractivity contribution in [2.45, 2.75) is 0 Å². The molecule has 134 valence electrons. The van der Waals surface area contributed by atoms with E-state index in [1.807, 2.05) is 48.3 Å². The molecule has 0 atom stereocenters. The number of hydrogen-bond acceptors (Lipinski definition) is 1. The Kier molecular flexibility index (Phi) is 5.35. The molecule has 0 amide bonds. The zero-order valence-electron chi connectivity index (χ0n) is 12.8. The third kappa shape index (κ3) is 11.5. The molecule has 1 aromatic heterocycles. The normalized spacial score (nSPS) is 14.3. The number of aromatic nitrogens is 1. The van der Waals surface area contributed by atoms with E-state index >= 15 is 0 Å². The quantitative estimate of drug-likeness (QED) is 0.362. The van der Waals surface area contributed by atoms with Crippen LogP contribution in [0.15, 0.2) is 48.8 Å². The summed E-state index contributed by atoms with van der Waals surface area (Å²) in [4.78, 5) is 0. The summed E-state index contributed by atoms with van der Waals surface area (Å²) in [6, 6.07) is 12.2. The molecule has 0 saturated heterocycles. The van der Waals surface area contributed by atoms with Crippen LogP contribution in [0.25, 0.3) is 12.2 Å². The summed E-state index contributed by atoms with van der Waals surface area (Å²) in [5, 5.41) is 0. The number of methoxy groups -OCH3 is 1. The number of aryl methyl sites for hydroxylation is 1. The summed E-state index contributed by atoms with van der Waals surface area (Å²) in [7, 11) is -6.97. The summed E-state index contributed by atoms with van der Waals surface area (Å²) in [5.74, 6) is 0.883. The van der Waals surface area contributed by atoms with Crippen molar-refractivity contribution in [2.75, 3.05) is 7.11 Å². The van der Waals surface area contributed by atoms with Gasteiger partial charge in [-0.25, -0.2) is 4.57 Å². The number of nitrogens with zero attached hydrogens (tertiary/aromatic N) is 1. The standard InChI is InChI=1S/C15H16NO.F6P/c1-16-11-9-14(10-12-16)4-3-13-5-7-15(17-2)8-6-13;1-7(2,3,4,5)6/h3-12H,1-2H3;/q+1;-1/b4-3+;. The van der Waals surface area contributed by atoms with E-state index < -0.39 is 7.81 Å². The van der Waals surface area contributed by atoms with Gasteiger partial charge in [0.1, 0.15) is 12.8 Å². The van der Waals surface area contributed by atoms with E-state index in [0.29, 0.717) is 0 Å². The molecule has 0 bridgehead atoms. The van der Waals surface area contributed by atoms with Crippen LogP contribution in [-0.4, -0.2) is 7.11 Å². The van der Waals surface area contributed by atoms with Gasteiger partial charge in [0.2, 0.25) is 0 Å². The maximum absolute atomic E-state index is 10.7. The molecule has 24 heavy (non-hydrogen) atoms. The molecular weight excluding hydrogens is 355 g/mol. The molecule has 0 unspecified atom stereocenters. The van der Waals surface area contributed by atoms with E-state index in [1.165, 1.54) is 11.1 Å². The maximum atomic E-state index is 9.87. The second-order valence-electron chi connectivity index (χ2n) is 4.86. The molecule has 2 aromatic rings. The van der Waals surface area contributed by atoms with Crippen LogP contribution in [0.2, 0.25) is 0 Å². The molecule has 0 aliphatic carbocycles. The predicted octanol–water partition coefficient (Wildman–Crippen LogP) is 6.07. The van der Waals surface area contributed by atoms with Crippen molar-refractivity contribution in [3.63, 3.8) is 0 Å². The number of pyridine rings is 1. The fourth-order valence-corrected chi connectivity index (χ4v) is 1.53. The van der Waals surface area contributed by atoms with Crippen molar-refractivity contribution < 1.29 is 34.5 Å². The van der Waals surface area contributed by atoms with Gasteiger partial charge in [0, 0.05) is 12.1 Å². The van der Waals surface area contributed by atoms with E-state index in [4.69, 9.17) is 4.74 Å². The van der Waals surface area contributed by atoms with Crippen molar-refractivity contribution in [2.24, 2.45) is 7.05 Å². The van der Waals surface area contributed by atoms with Crippen LogP contribution in [0.1, 0.15) is 11.1 Å². The van der Waals surface area contributed by atoms with Crippen LogP contribution in [0.4, 0.5) is 25.2 Å². The Morgan fingerprint density at radius 1 is 0.792 bits per heavy atom. The van der Waals surface area contributed by atoms with Crippen LogP contribution in [0.5, 0.6) is 5.75 Å². The number of rotatable bonds is 3. The predicted molar refractivity (Wildman–Crippen MR) is 83.1 cm³/mol. The number of benzene rings is 1. The molecule has 0 N–H and O–H groups in total. The molecule has 0 spiro atoms. The monoisotopic (exact) mass is 371 g/mol. The first-order chi connectivity index (χ1) is 10.7. The summed E-state index contributed by atoms with van der Waals surface area (Å²) in [6.45, 7) is 0. The number of ether oxygens (including phenoxy) is 1. The van der Waals surface area contributed by atoms with Gasteiger partial charge in [-0.15, -0.1) is 0 Å². The SMILES string of the molecule is COc1ccc(/C=C/c2cc[n+](C)cc2)cc1.F[P-](F)(F)(F)(F)F. The van der Waals surface area contributed by atoms with Gasteiger partial charge in [0.05, 0.1) is 7.11 Å². The molecule has 9 heteroatoms. The molecule has 0 saturated carbocycles. The van der Waals surface area contributed by atoms with Gasteiger partial charge in [0.15, 0.2) is 12.4 Å². The molecule has 1 heterocycles. The average molecular weight is 371 g/mol. The molecule has 0 aliphatic heterocycles. The first-order valence-corrected chi connectivity index (χ1v) is 8.59. The Labute approximate surface area is 135 Å². The summed E-state index contributed by atoms with van der Waals surface area (Å²) in [6.07, 6.45) is 8.26. The zero-order valence-corrected chi connectivity index (χ0v) is 13.7. The fourth-order valence-electron chi connectivity index (χ4n) is 1.53. The van der Waals surface area contributed by atoms with E-state index in [9.17, 15) is 25.2 Å². The summed E-state index contributed by atoms with van der Waals surface area (Å²) < 4.78 is 66.3. The molecule has 2 rings (SSSR count). The van der Waals surface area contributed by atoms with Crippen LogP contribution in [0, 0.1) is 0 Å². The molecule has 1 aromatic carbocycles. The van der Waals surface area contributed by atoms with Crippen molar-refractivity contribution in [3.8, 4) is 5.75 Å². The Balaban J connectivity index is 0.000000351. The Morgan fingerprint density at radius 2 is 1.17 bits per heavy atom. The topological polar surface area (TPSA) is 13.1 Å². The summed E-state index contributed by atoms with van der Waals surface area (Å²) in [5.41, 5.74) is 2.36. The molecule has 0 aliphatic rings. The molecule has 0 radical (unpaired) electrons. The Hall–Kier alpha value is -2.08.